The van der Waals surface area contributed by atoms with E-state index in [1.807, 2.05) is 31.2 Å². The van der Waals surface area contributed by atoms with Gasteiger partial charge >= 0.3 is 0 Å². The minimum absolute atomic E-state index is 0.0000463. The molecule has 0 amide bonds. The SMILES string of the molecule is Cc1cccc(N(C)c2nc(NN)c(F)cc2F)c1. The lowest BCUT2D eigenvalue weighted by atomic mass is 10.2. The smallest absolute Gasteiger partial charge is 0.178 e. The molecule has 0 unspecified atom stereocenters. The van der Waals surface area contributed by atoms with Gasteiger partial charge in [0, 0.05) is 18.8 Å². The number of benzene rings is 1. The number of rotatable bonds is 3. The Morgan fingerprint density at radius 1 is 1.21 bits per heavy atom. The van der Waals surface area contributed by atoms with Gasteiger partial charge in [0.2, 0.25) is 0 Å². The summed E-state index contributed by atoms with van der Waals surface area (Å²) in [7, 11) is 1.65. The van der Waals surface area contributed by atoms with Gasteiger partial charge in [-0.3, -0.25) is 0 Å². The first-order chi connectivity index (χ1) is 9.02. The molecular formula is C13H14F2N4. The Balaban J connectivity index is 2.46. The van der Waals surface area contributed by atoms with Crippen molar-refractivity contribution >= 4 is 17.3 Å². The molecule has 0 radical (unpaired) electrons. The number of aromatic nitrogens is 1. The van der Waals surface area contributed by atoms with Crippen LogP contribution in [0.15, 0.2) is 30.3 Å². The van der Waals surface area contributed by atoms with E-state index >= 15 is 0 Å². The predicted molar refractivity (Wildman–Crippen MR) is 71.2 cm³/mol. The third kappa shape index (κ3) is 2.63. The van der Waals surface area contributed by atoms with Crippen LogP contribution in [0.25, 0.3) is 0 Å². The van der Waals surface area contributed by atoms with Crippen LogP contribution >= 0.6 is 0 Å². The third-order valence-electron chi connectivity index (χ3n) is 2.75. The number of aryl methyl sites for hydroxylation is 1. The van der Waals surface area contributed by atoms with Crippen LogP contribution in [0.3, 0.4) is 0 Å². The molecule has 0 fully saturated rings. The second kappa shape index (κ2) is 5.19. The second-order valence-electron chi connectivity index (χ2n) is 4.17. The predicted octanol–water partition coefficient (Wildman–Crippen LogP) is 2.72. The van der Waals surface area contributed by atoms with Crippen molar-refractivity contribution in [3.63, 3.8) is 0 Å². The van der Waals surface area contributed by atoms with Crippen molar-refractivity contribution in [2.45, 2.75) is 6.92 Å². The first-order valence-corrected chi connectivity index (χ1v) is 5.66. The fourth-order valence-electron chi connectivity index (χ4n) is 1.75. The van der Waals surface area contributed by atoms with E-state index in [0.29, 0.717) is 0 Å². The number of pyridine rings is 1. The van der Waals surface area contributed by atoms with Crippen LogP contribution in [0, 0.1) is 18.6 Å². The number of anilines is 3. The Morgan fingerprint density at radius 2 is 1.95 bits per heavy atom. The molecule has 0 spiro atoms. The highest BCUT2D eigenvalue weighted by Crippen LogP contribution is 2.27. The number of nitrogen functional groups attached to an aromatic ring is 1. The number of nitrogens with one attached hydrogen (secondary N) is 1. The maximum absolute atomic E-state index is 13.8. The zero-order valence-electron chi connectivity index (χ0n) is 10.6. The summed E-state index contributed by atoms with van der Waals surface area (Å²) in [4.78, 5) is 5.37. The first-order valence-electron chi connectivity index (χ1n) is 5.66. The van der Waals surface area contributed by atoms with Gasteiger partial charge in [-0.2, -0.15) is 0 Å². The number of hydrazine groups is 1. The van der Waals surface area contributed by atoms with Crippen LogP contribution in [0.1, 0.15) is 5.56 Å². The standard InChI is InChI=1S/C13H14F2N4/c1-8-4-3-5-9(6-8)19(2)13-11(15)7-10(14)12(17-13)18-16/h3-7H,16H2,1-2H3,(H,17,18). The van der Waals surface area contributed by atoms with E-state index in [1.54, 1.807) is 7.05 Å². The molecule has 1 aromatic carbocycles. The molecule has 4 nitrogen and oxygen atoms in total. The van der Waals surface area contributed by atoms with Gasteiger partial charge < -0.3 is 10.3 Å². The van der Waals surface area contributed by atoms with E-state index in [0.717, 1.165) is 17.3 Å². The summed E-state index contributed by atoms with van der Waals surface area (Å²) in [5.74, 6) is 3.36. The molecule has 0 aliphatic rings. The van der Waals surface area contributed by atoms with Gasteiger partial charge in [0.25, 0.3) is 0 Å². The van der Waals surface area contributed by atoms with E-state index in [1.165, 1.54) is 4.90 Å². The average molecular weight is 264 g/mol. The van der Waals surface area contributed by atoms with Gasteiger partial charge in [0.05, 0.1) is 0 Å². The van der Waals surface area contributed by atoms with Crippen LogP contribution in [0.5, 0.6) is 0 Å². The Bertz CT molecular complexity index is 601. The third-order valence-corrected chi connectivity index (χ3v) is 2.75. The van der Waals surface area contributed by atoms with Crippen molar-refractivity contribution in [2.24, 2.45) is 5.84 Å². The van der Waals surface area contributed by atoms with E-state index in [2.05, 4.69) is 10.4 Å². The highest BCUT2D eigenvalue weighted by Gasteiger charge is 2.15. The van der Waals surface area contributed by atoms with Gasteiger partial charge in [0.15, 0.2) is 23.3 Å². The number of halogens is 2. The molecule has 2 rings (SSSR count). The molecule has 3 N–H and O–H groups in total. The Hall–Kier alpha value is -2.21. The lowest BCUT2D eigenvalue weighted by Crippen LogP contribution is -2.17. The fourth-order valence-corrected chi connectivity index (χ4v) is 1.75. The molecule has 0 saturated heterocycles. The van der Waals surface area contributed by atoms with E-state index in [9.17, 15) is 8.78 Å². The Morgan fingerprint density at radius 3 is 2.58 bits per heavy atom. The van der Waals surface area contributed by atoms with Crippen LogP contribution in [0.2, 0.25) is 0 Å². The van der Waals surface area contributed by atoms with E-state index < -0.39 is 11.6 Å². The zero-order chi connectivity index (χ0) is 14.0. The summed E-state index contributed by atoms with van der Waals surface area (Å²) in [6, 6.07) is 8.22. The van der Waals surface area contributed by atoms with E-state index in [4.69, 9.17) is 5.84 Å². The van der Waals surface area contributed by atoms with Crippen LogP contribution in [0.4, 0.5) is 26.1 Å². The lowest BCUT2D eigenvalue weighted by Gasteiger charge is -2.20. The molecule has 0 saturated carbocycles. The van der Waals surface area contributed by atoms with Gasteiger partial charge in [-0.1, -0.05) is 12.1 Å². The summed E-state index contributed by atoms with van der Waals surface area (Å²) in [6.07, 6.45) is 0. The average Bonchev–Trinajstić information content (AvgIpc) is 2.38. The van der Waals surface area contributed by atoms with Crippen molar-refractivity contribution in [2.75, 3.05) is 17.4 Å². The fraction of sp³-hybridized carbons (Fsp3) is 0.154. The van der Waals surface area contributed by atoms with E-state index in [-0.39, 0.29) is 11.6 Å². The molecule has 100 valence electrons. The normalized spacial score (nSPS) is 10.4. The molecule has 0 atom stereocenters. The minimum Gasteiger partial charge on any atom is -0.327 e. The summed E-state index contributed by atoms with van der Waals surface area (Å²) in [5.41, 5.74) is 3.88. The van der Waals surface area contributed by atoms with Gasteiger partial charge in [-0.05, 0) is 24.6 Å². The Labute approximate surface area is 109 Å². The molecule has 1 aromatic heterocycles. The Kier molecular flexibility index (Phi) is 3.62. The molecule has 6 heteroatoms. The molecular weight excluding hydrogens is 250 g/mol. The summed E-state index contributed by atoms with van der Waals surface area (Å²) in [6.45, 7) is 1.93. The van der Waals surface area contributed by atoms with Crippen LogP contribution < -0.4 is 16.2 Å². The van der Waals surface area contributed by atoms with Crippen molar-refractivity contribution in [3.05, 3.63) is 47.5 Å². The summed E-state index contributed by atoms with van der Waals surface area (Å²) in [5, 5.41) is 0. The summed E-state index contributed by atoms with van der Waals surface area (Å²) < 4.78 is 27.1. The van der Waals surface area contributed by atoms with Gasteiger partial charge in [-0.25, -0.2) is 19.6 Å². The number of nitrogens with zero attached hydrogens (tertiary/aromatic N) is 2. The number of hydrogen-bond acceptors (Lipinski definition) is 4. The van der Waals surface area contributed by atoms with Crippen molar-refractivity contribution < 1.29 is 8.78 Å². The first kappa shape index (κ1) is 13.2. The zero-order valence-corrected chi connectivity index (χ0v) is 10.6. The van der Waals surface area contributed by atoms with Crippen molar-refractivity contribution in [3.8, 4) is 0 Å². The summed E-state index contributed by atoms with van der Waals surface area (Å²) >= 11 is 0. The minimum atomic E-state index is -0.832. The monoisotopic (exact) mass is 264 g/mol. The largest absolute Gasteiger partial charge is 0.327 e. The quantitative estimate of drug-likeness (QED) is 0.661. The molecule has 19 heavy (non-hydrogen) atoms. The van der Waals surface area contributed by atoms with Crippen molar-refractivity contribution in [1.29, 1.82) is 0 Å². The molecule has 1 heterocycles. The van der Waals surface area contributed by atoms with Crippen LogP contribution in [-0.2, 0) is 0 Å². The lowest BCUT2D eigenvalue weighted by molar-refractivity contribution is 0.576. The van der Waals surface area contributed by atoms with Gasteiger partial charge in [0.1, 0.15) is 0 Å². The second-order valence-corrected chi connectivity index (χ2v) is 4.17. The highest BCUT2D eigenvalue weighted by molar-refractivity contribution is 5.62. The molecule has 0 aliphatic carbocycles. The topological polar surface area (TPSA) is 54.2 Å². The molecule has 2 aromatic rings. The number of nitrogens with two attached hydrogens (primary N) is 1. The maximum Gasteiger partial charge on any atom is 0.178 e. The number of hydrogen-bond donors (Lipinski definition) is 2. The molecule has 0 bridgehead atoms. The maximum atomic E-state index is 13.8. The van der Waals surface area contributed by atoms with Gasteiger partial charge in [-0.15, -0.1) is 0 Å². The van der Waals surface area contributed by atoms with Crippen LogP contribution in [-0.4, -0.2) is 12.0 Å². The molecule has 0 aliphatic heterocycles. The highest BCUT2D eigenvalue weighted by atomic mass is 19.1. The van der Waals surface area contributed by atoms with Crippen molar-refractivity contribution in [1.82, 2.24) is 4.98 Å².